The van der Waals surface area contributed by atoms with E-state index in [1.165, 1.54) is 5.56 Å². The van der Waals surface area contributed by atoms with E-state index in [9.17, 15) is 13.2 Å². The lowest BCUT2D eigenvalue weighted by Crippen LogP contribution is -2.32. The van der Waals surface area contributed by atoms with Crippen molar-refractivity contribution in [1.82, 2.24) is 10.0 Å². The first-order valence-corrected chi connectivity index (χ1v) is 10.7. The second-order valence-corrected chi connectivity index (χ2v) is 8.93. The van der Waals surface area contributed by atoms with Crippen molar-refractivity contribution >= 4 is 15.9 Å². The van der Waals surface area contributed by atoms with Crippen molar-refractivity contribution in [2.45, 2.75) is 52.5 Å². The average Bonchev–Trinajstić information content (AvgIpc) is 2.56. The first-order valence-electron chi connectivity index (χ1n) is 9.06. The van der Waals surface area contributed by atoms with Gasteiger partial charge in [-0.1, -0.05) is 42.5 Å². The van der Waals surface area contributed by atoms with Crippen molar-refractivity contribution in [3.63, 3.8) is 0 Å². The number of benzene rings is 2. The molecular weight excluding hydrogens is 360 g/mol. The lowest BCUT2D eigenvalue weighted by molar-refractivity contribution is -0.120. The van der Waals surface area contributed by atoms with E-state index >= 15 is 0 Å². The molecule has 0 saturated carbocycles. The van der Waals surface area contributed by atoms with Gasteiger partial charge in [-0.15, -0.1) is 0 Å². The van der Waals surface area contributed by atoms with Gasteiger partial charge in [-0.2, -0.15) is 0 Å². The third-order valence-electron chi connectivity index (χ3n) is 4.29. The predicted octanol–water partition coefficient (Wildman–Crippen LogP) is 2.99. The zero-order valence-corrected chi connectivity index (χ0v) is 17.2. The van der Waals surface area contributed by atoms with Crippen LogP contribution in [0, 0.1) is 13.8 Å². The van der Waals surface area contributed by atoms with Crippen LogP contribution in [0.25, 0.3) is 0 Å². The molecule has 0 heterocycles. The Morgan fingerprint density at radius 2 is 1.67 bits per heavy atom. The number of hydrogen-bond acceptors (Lipinski definition) is 3. The van der Waals surface area contributed by atoms with Crippen LogP contribution in [0.3, 0.4) is 0 Å². The summed E-state index contributed by atoms with van der Waals surface area (Å²) in [5, 5.41) is 2.89. The fourth-order valence-electron chi connectivity index (χ4n) is 2.83. The number of carbonyl (C=O) groups excluding carboxylic acids is 1. The first-order chi connectivity index (χ1) is 12.7. The minimum Gasteiger partial charge on any atom is -0.352 e. The van der Waals surface area contributed by atoms with Crippen LogP contribution in [-0.2, 0) is 33.5 Å². The van der Waals surface area contributed by atoms with E-state index in [1.807, 2.05) is 44.2 Å². The largest absolute Gasteiger partial charge is 0.352 e. The smallest absolute Gasteiger partial charge is 0.224 e. The zero-order chi connectivity index (χ0) is 20.0. The van der Waals surface area contributed by atoms with E-state index in [0.717, 1.165) is 16.7 Å². The molecule has 0 atom stereocenters. The Bertz CT molecular complexity index is 905. The van der Waals surface area contributed by atoms with Gasteiger partial charge in [0.2, 0.25) is 15.9 Å². The Kier molecular flexibility index (Phi) is 7.16. The van der Waals surface area contributed by atoms with E-state index in [-0.39, 0.29) is 17.7 Å². The van der Waals surface area contributed by atoms with E-state index in [4.69, 9.17) is 0 Å². The molecule has 0 saturated heterocycles. The van der Waals surface area contributed by atoms with Gasteiger partial charge in [0.1, 0.15) is 0 Å². The summed E-state index contributed by atoms with van der Waals surface area (Å²) >= 11 is 0. The third kappa shape index (κ3) is 6.81. The van der Waals surface area contributed by atoms with Gasteiger partial charge in [0.25, 0.3) is 0 Å². The summed E-state index contributed by atoms with van der Waals surface area (Å²) in [5.41, 5.74) is 4.82. The van der Waals surface area contributed by atoms with Crippen LogP contribution in [0.15, 0.2) is 42.5 Å². The summed E-state index contributed by atoms with van der Waals surface area (Å²) in [6.07, 6.45) is 0.302. The number of rotatable bonds is 8. The van der Waals surface area contributed by atoms with E-state index < -0.39 is 10.0 Å². The maximum absolute atomic E-state index is 12.3. The van der Waals surface area contributed by atoms with Gasteiger partial charge >= 0.3 is 0 Å². The van der Waals surface area contributed by atoms with Crippen LogP contribution in [0.5, 0.6) is 0 Å². The Hall–Kier alpha value is -2.18. The molecule has 0 aliphatic heterocycles. The fourth-order valence-corrected chi connectivity index (χ4v) is 4.32. The Morgan fingerprint density at radius 3 is 2.30 bits per heavy atom. The van der Waals surface area contributed by atoms with Crippen LogP contribution in [-0.4, -0.2) is 20.4 Å². The predicted molar refractivity (Wildman–Crippen MR) is 109 cm³/mol. The summed E-state index contributed by atoms with van der Waals surface area (Å²) in [6.45, 7) is 7.95. The average molecular weight is 389 g/mol. The van der Waals surface area contributed by atoms with Crippen molar-refractivity contribution < 1.29 is 13.2 Å². The first kappa shape index (κ1) is 21.1. The van der Waals surface area contributed by atoms with Gasteiger partial charge in [-0.05, 0) is 55.5 Å². The highest BCUT2D eigenvalue weighted by Crippen LogP contribution is 2.13. The van der Waals surface area contributed by atoms with Gasteiger partial charge in [-0.25, -0.2) is 13.1 Å². The standard InChI is InChI=1S/C21H28N2O3S/c1-15(2)23-27(25,26)14-20-8-6-5-7-19(20)13-22-21(24)12-18-10-9-16(3)17(4)11-18/h5-11,15,23H,12-14H2,1-4H3,(H,22,24). The number of carbonyl (C=O) groups is 1. The van der Waals surface area contributed by atoms with Crippen LogP contribution >= 0.6 is 0 Å². The van der Waals surface area contributed by atoms with Crippen molar-refractivity contribution in [1.29, 1.82) is 0 Å². The number of sulfonamides is 1. The minimum absolute atomic E-state index is 0.0868. The van der Waals surface area contributed by atoms with Crippen molar-refractivity contribution in [2.24, 2.45) is 0 Å². The highest BCUT2D eigenvalue weighted by molar-refractivity contribution is 7.88. The zero-order valence-electron chi connectivity index (χ0n) is 16.4. The van der Waals surface area contributed by atoms with Gasteiger partial charge < -0.3 is 5.32 Å². The second-order valence-electron chi connectivity index (χ2n) is 7.17. The molecule has 146 valence electrons. The topological polar surface area (TPSA) is 75.3 Å². The van der Waals surface area contributed by atoms with E-state index in [2.05, 4.69) is 10.0 Å². The monoisotopic (exact) mass is 388 g/mol. The maximum atomic E-state index is 12.3. The van der Waals surface area contributed by atoms with Gasteiger partial charge in [-0.3, -0.25) is 4.79 Å². The molecule has 0 bridgehead atoms. The molecule has 0 aromatic heterocycles. The maximum Gasteiger partial charge on any atom is 0.224 e. The van der Waals surface area contributed by atoms with Crippen LogP contribution in [0.4, 0.5) is 0 Å². The van der Waals surface area contributed by atoms with Crippen molar-refractivity contribution in [3.05, 3.63) is 70.3 Å². The van der Waals surface area contributed by atoms with Crippen molar-refractivity contribution in [2.75, 3.05) is 0 Å². The molecule has 2 aromatic carbocycles. The van der Waals surface area contributed by atoms with E-state index in [0.29, 0.717) is 18.5 Å². The third-order valence-corrected chi connectivity index (χ3v) is 5.81. The summed E-state index contributed by atoms with van der Waals surface area (Å²) < 4.78 is 27.0. The molecule has 27 heavy (non-hydrogen) atoms. The normalized spacial score (nSPS) is 11.6. The fraction of sp³-hybridized carbons (Fsp3) is 0.381. The summed E-state index contributed by atoms with van der Waals surface area (Å²) in [7, 11) is -3.42. The second kappa shape index (κ2) is 9.15. The van der Waals surface area contributed by atoms with Gasteiger partial charge in [0, 0.05) is 12.6 Å². The molecule has 2 rings (SSSR count). The molecule has 5 nitrogen and oxygen atoms in total. The molecule has 2 N–H and O–H groups in total. The molecular formula is C21H28N2O3S. The lowest BCUT2D eigenvalue weighted by atomic mass is 10.0. The quantitative estimate of drug-likeness (QED) is 0.730. The van der Waals surface area contributed by atoms with E-state index in [1.54, 1.807) is 26.0 Å². The highest BCUT2D eigenvalue weighted by Gasteiger charge is 2.15. The Labute approximate surface area is 162 Å². The summed E-state index contributed by atoms with van der Waals surface area (Å²) in [5.74, 6) is -0.190. The summed E-state index contributed by atoms with van der Waals surface area (Å²) in [6, 6.07) is 13.1. The highest BCUT2D eigenvalue weighted by atomic mass is 32.2. The molecule has 2 aromatic rings. The number of hydrogen-bond donors (Lipinski definition) is 2. The molecule has 0 radical (unpaired) electrons. The molecule has 0 aliphatic rings. The van der Waals surface area contributed by atoms with Crippen molar-refractivity contribution in [3.8, 4) is 0 Å². The Balaban J connectivity index is 2.01. The molecule has 0 fully saturated rings. The molecule has 0 aliphatic carbocycles. The molecule has 0 unspecified atom stereocenters. The number of amides is 1. The molecule has 6 heteroatoms. The van der Waals surface area contributed by atoms with Crippen LogP contribution in [0.2, 0.25) is 0 Å². The molecule has 0 spiro atoms. The lowest BCUT2D eigenvalue weighted by Gasteiger charge is -2.13. The summed E-state index contributed by atoms with van der Waals surface area (Å²) in [4.78, 5) is 12.3. The number of aryl methyl sites for hydroxylation is 2. The minimum atomic E-state index is -3.42. The van der Waals surface area contributed by atoms with Gasteiger partial charge in [0.15, 0.2) is 0 Å². The SMILES string of the molecule is Cc1ccc(CC(=O)NCc2ccccc2CS(=O)(=O)NC(C)C)cc1C. The number of nitrogens with one attached hydrogen (secondary N) is 2. The Morgan fingerprint density at radius 1 is 1.00 bits per heavy atom. The van der Waals surface area contributed by atoms with Gasteiger partial charge in [0.05, 0.1) is 12.2 Å². The van der Waals surface area contributed by atoms with Crippen LogP contribution in [0.1, 0.15) is 41.7 Å². The molecule has 1 amide bonds. The van der Waals surface area contributed by atoms with Crippen LogP contribution < -0.4 is 10.0 Å².